The van der Waals surface area contributed by atoms with E-state index in [0.29, 0.717) is 22.5 Å². The summed E-state index contributed by atoms with van der Waals surface area (Å²) in [5.41, 5.74) is 2.94. The van der Waals surface area contributed by atoms with E-state index in [0.717, 1.165) is 5.56 Å². The first-order valence-corrected chi connectivity index (χ1v) is 8.90. The first-order valence-electron chi connectivity index (χ1n) is 8.90. The Bertz CT molecular complexity index is 1150. The number of rotatable bonds is 4. The lowest BCUT2D eigenvalue weighted by atomic mass is 10.1. The number of anilines is 1. The van der Waals surface area contributed by atoms with Crippen molar-refractivity contribution in [3.8, 4) is 5.75 Å². The molecule has 1 aliphatic rings. The summed E-state index contributed by atoms with van der Waals surface area (Å²) in [5, 5.41) is 21.1. The number of hydrogen-bond acceptors (Lipinski definition) is 4. The lowest BCUT2D eigenvalue weighted by molar-refractivity contribution is -0.384. The van der Waals surface area contributed by atoms with E-state index in [2.05, 4.69) is 0 Å². The minimum atomic E-state index is -0.467. The number of non-ortho nitro benzene ring substituents is 1. The van der Waals surface area contributed by atoms with E-state index < -0.39 is 4.92 Å². The van der Waals surface area contributed by atoms with Crippen molar-refractivity contribution in [2.75, 3.05) is 4.90 Å². The zero-order valence-electron chi connectivity index (χ0n) is 15.2. The highest BCUT2D eigenvalue weighted by Gasteiger charge is 2.31. The number of nitro benzene ring substituents is 1. The molecule has 0 aliphatic carbocycles. The number of para-hydroxylation sites is 2. The zero-order chi connectivity index (χ0) is 20.4. The molecule has 0 saturated heterocycles. The molecule has 1 aliphatic heterocycles. The summed E-state index contributed by atoms with van der Waals surface area (Å²) >= 11 is 0. The molecule has 1 N–H and O–H groups in total. The molecule has 1 amide bonds. The highest BCUT2D eigenvalue weighted by atomic mass is 16.6. The van der Waals surface area contributed by atoms with Crippen molar-refractivity contribution in [1.82, 2.24) is 0 Å². The van der Waals surface area contributed by atoms with E-state index in [-0.39, 0.29) is 17.3 Å². The number of carbonyl (C=O) groups is 1. The van der Waals surface area contributed by atoms with Crippen molar-refractivity contribution in [3.05, 3.63) is 112 Å². The molecule has 1 heterocycles. The van der Waals surface area contributed by atoms with Gasteiger partial charge < -0.3 is 5.11 Å². The molecule has 0 radical (unpaired) electrons. The molecule has 0 unspecified atom stereocenters. The predicted molar refractivity (Wildman–Crippen MR) is 111 cm³/mol. The highest BCUT2D eigenvalue weighted by molar-refractivity contribution is 6.23. The SMILES string of the molecule is O=C1C(=Cc2ccc([N+](=O)[O-])cc2)C=C(c2ccccc2)N1c1ccccc1O. The first kappa shape index (κ1) is 18.2. The molecule has 142 valence electrons. The minimum absolute atomic E-state index is 0.000679. The fraction of sp³-hybridized carbons (Fsp3) is 0. The predicted octanol–water partition coefficient (Wildman–Crippen LogP) is 4.77. The second-order valence-electron chi connectivity index (χ2n) is 6.47. The smallest absolute Gasteiger partial charge is 0.269 e. The summed E-state index contributed by atoms with van der Waals surface area (Å²) in [4.78, 5) is 25.1. The maximum atomic E-state index is 13.2. The average molecular weight is 384 g/mol. The summed E-state index contributed by atoms with van der Waals surface area (Å²) in [7, 11) is 0. The van der Waals surface area contributed by atoms with Crippen molar-refractivity contribution in [2.45, 2.75) is 0 Å². The van der Waals surface area contributed by atoms with Gasteiger partial charge in [0, 0.05) is 17.7 Å². The number of nitrogens with zero attached hydrogens (tertiary/aromatic N) is 2. The third kappa shape index (κ3) is 3.51. The number of phenolic OH excluding ortho intramolecular Hbond substituents is 1. The van der Waals surface area contributed by atoms with Gasteiger partial charge in [0.05, 0.1) is 16.3 Å². The van der Waals surface area contributed by atoms with Crippen molar-refractivity contribution >= 4 is 29.1 Å². The molecular weight excluding hydrogens is 368 g/mol. The topological polar surface area (TPSA) is 83.7 Å². The van der Waals surface area contributed by atoms with Crippen LogP contribution in [0.15, 0.2) is 90.5 Å². The lowest BCUT2D eigenvalue weighted by Gasteiger charge is -2.21. The average Bonchev–Trinajstić information content (AvgIpc) is 3.05. The van der Waals surface area contributed by atoms with Gasteiger partial charge >= 0.3 is 0 Å². The van der Waals surface area contributed by atoms with Crippen LogP contribution in [0.4, 0.5) is 11.4 Å². The maximum Gasteiger partial charge on any atom is 0.269 e. The van der Waals surface area contributed by atoms with E-state index in [1.54, 1.807) is 42.5 Å². The zero-order valence-corrected chi connectivity index (χ0v) is 15.2. The minimum Gasteiger partial charge on any atom is -0.506 e. The van der Waals surface area contributed by atoms with Gasteiger partial charge in [0.25, 0.3) is 11.6 Å². The molecule has 0 aromatic heterocycles. The third-order valence-electron chi connectivity index (χ3n) is 4.60. The quantitative estimate of drug-likeness (QED) is 0.399. The van der Waals surface area contributed by atoms with Gasteiger partial charge in [-0.3, -0.25) is 19.8 Å². The molecule has 29 heavy (non-hydrogen) atoms. The van der Waals surface area contributed by atoms with Crippen LogP contribution in [0.5, 0.6) is 5.75 Å². The Labute approximate surface area is 166 Å². The van der Waals surface area contributed by atoms with E-state index in [9.17, 15) is 20.0 Å². The molecule has 4 rings (SSSR count). The Morgan fingerprint density at radius 2 is 1.55 bits per heavy atom. The van der Waals surface area contributed by atoms with E-state index in [1.165, 1.54) is 23.1 Å². The molecule has 0 spiro atoms. The van der Waals surface area contributed by atoms with Gasteiger partial charge in [0.2, 0.25) is 0 Å². The van der Waals surface area contributed by atoms with Gasteiger partial charge in [-0.15, -0.1) is 0 Å². The molecule has 3 aromatic carbocycles. The van der Waals surface area contributed by atoms with Crippen LogP contribution >= 0.6 is 0 Å². The largest absolute Gasteiger partial charge is 0.506 e. The monoisotopic (exact) mass is 384 g/mol. The summed E-state index contributed by atoms with van der Waals surface area (Å²) < 4.78 is 0. The van der Waals surface area contributed by atoms with Gasteiger partial charge in [-0.25, -0.2) is 0 Å². The van der Waals surface area contributed by atoms with Crippen LogP contribution < -0.4 is 4.90 Å². The molecule has 6 nitrogen and oxygen atoms in total. The molecule has 0 atom stereocenters. The van der Waals surface area contributed by atoms with Crippen LogP contribution in [-0.4, -0.2) is 15.9 Å². The van der Waals surface area contributed by atoms with Gasteiger partial charge in [-0.05, 0) is 47.5 Å². The summed E-state index contributed by atoms with van der Waals surface area (Å²) in [6.45, 7) is 0. The maximum absolute atomic E-state index is 13.2. The van der Waals surface area contributed by atoms with Gasteiger partial charge in [0.1, 0.15) is 5.75 Å². The second-order valence-corrected chi connectivity index (χ2v) is 6.47. The summed E-state index contributed by atoms with van der Waals surface area (Å²) in [5.74, 6) is -0.289. The van der Waals surface area contributed by atoms with Crippen LogP contribution in [0, 0.1) is 10.1 Å². The number of benzene rings is 3. The van der Waals surface area contributed by atoms with Crippen LogP contribution in [-0.2, 0) is 4.79 Å². The van der Waals surface area contributed by atoms with Crippen LogP contribution in [0.2, 0.25) is 0 Å². The van der Waals surface area contributed by atoms with E-state index in [1.807, 2.05) is 30.3 Å². The number of amides is 1. The normalized spacial score (nSPS) is 14.9. The van der Waals surface area contributed by atoms with E-state index in [4.69, 9.17) is 0 Å². The summed E-state index contributed by atoms with van der Waals surface area (Å²) in [6.07, 6.45) is 3.43. The molecular formula is C23H16N2O4. The van der Waals surface area contributed by atoms with E-state index >= 15 is 0 Å². The Kier molecular flexibility index (Phi) is 4.66. The Balaban J connectivity index is 1.80. The molecule has 0 saturated carbocycles. The van der Waals surface area contributed by atoms with Crippen LogP contribution in [0.25, 0.3) is 11.8 Å². The number of carbonyl (C=O) groups excluding carboxylic acids is 1. The molecule has 3 aromatic rings. The molecule has 6 heteroatoms. The van der Waals surface area contributed by atoms with Crippen molar-refractivity contribution in [3.63, 3.8) is 0 Å². The number of aromatic hydroxyl groups is 1. The standard InChI is InChI=1S/C23H16N2O4/c26-22-9-5-4-8-20(22)24-21(17-6-2-1-3-7-17)15-18(23(24)27)14-16-10-12-19(13-11-16)25(28)29/h1-15,26H. The number of phenols is 1. The van der Waals surface area contributed by atoms with Gasteiger partial charge in [0.15, 0.2) is 0 Å². The lowest BCUT2D eigenvalue weighted by Crippen LogP contribution is -2.25. The van der Waals surface area contributed by atoms with Gasteiger partial charge in [-0.1, -0.05) is 42.5 Å². The second kappa shape index (κ2) is 7.44. The number of nitro groups is 1. The van der Waals surface area contributed by atoms with Crippen molar-refractivity contribution < 1.29 is 14.8 Å². The highest BCUT2D eigenvalue weighted by Crippen LogP contribution is 2.39. The molecule has 0 bridgehead atoms. The first-order chi connectivity index (χ1) is 14.0. The Morgan fingerprint density at radius 3 is 2.21 bits per heavy atom. The van der Waals surface area contributed by atoms with Crippen molar-refractivity contribution in [2.24, 2.45) is 0 Å². The third-order valence-corrected chi connectivity index (χ3v) is 4.60. The fourth-order valence-corrected chi connectivity index (χ4v) is 3.20. The van der Waals surface area contributed by atoms with Crippen LogP contribution in [0.3, 0.4) is 0 Å². The van der Waals surface area contributed by atoms with Gasteiger partial charge in [-0.2, -0.15) is 0 Å². The number of hydrogen-bond donors (Lipinski definition) is 1. The Hall–Kier alpha value is -4.19. The van der Waals surface area contributed by atoms with Crippen molar-refractivity contribution in [1.29, 1.82) is 0 Å². The summed E-state index contributed by atoms with van der Waals surface area (Å²) in [6, 6.07) is 22.1. The fourth-order valence-electron chi connectivity index (χ4n) is 3.20. The molecule has 0 fully saturated rings. The van der Waals surface area contributed by atoms with Crippen LogP contribution in [0.1, 0.15) is 11.1 Å². The Morgan fingerprint density at radius 1 is 0.897 bits per heavy atom.